The number of aryl methyl sites for hydroxylation is 1. The molecule has 2 aromatic rings. The summed E-state index contributed by atoms with van der Waals surface area (Å²) in [4.78, 5) is 1.12. The van der Waals surface area contributed by atoms with Crippen molar-refractivity contribution >= 4 is 32.4 Å². The first kappa shape index (κ1) is 10.7. The molecule has 0 spiro atoms. The number of sulfonamides is 1. The van der Waals surface area contributed by atoms with E-state index in [0.29, 0.717) is 0 Å². The van der Waals surface area contributed by atoms with Gasteiger partial charge in [-0.3, -0.25) is 0 Å². The van der Waals surface area contributed by atoms with Crippen molar-refractivity contribution in [3.05, 3.63) is 0 Å². The van der Waals surface area contributed by atoms with Crippen molar-refractivity contribution in [3.63, 3.8) is 0 Å². The van der Waals surface area contributed by atoms with Crippen LogP contribution in [0, 0.1) is 0 Å². The van der Waals surface area contributed by atoms with E-state index >= 15 is 0 Å². The highest BCUT2D eigenvalue weighted by atomic mass is 32.2. The van der Waals surface area contributed by atoms with Gasteiger partial charge in [0.2, 0.25) is 5.13 Å². The van der Waals surface area contributed by atoms with Crippen molar-refractivity contribution in [1.29, 1.82) is 0 Å². The number of nitrogens with one attached hydrogen (secondary N) is 1. The Bertz CT molecular complexity index is 599. The van der Waals surface area contributed by atoms with E-state index in [1.165, 1.54) is 7.05 Å². The van der Waals surface area contributed by atoms with Crippen molar-refractivity contribution < 1.29 is 8.42 Å². The third-order valence-electron chi connectivity index (χ3n) is 1.39. The molecule has 3 N–H and O–H groups in total. The molecule has 0 saturated heterocycles. The second-order valence-electron chi connectivity index (χ2n) is 2.61. The van der Waals surface area contributed by atoms with E-state index in [4.69, 9.17) is 5.73 Å². The first-order chi connectivity index (χ1) is 7.47. The lowest BCUT2D eigenvalue weighted by atomic mass is 11.1. The molecule has 0 aliphatic heterocycles. The summed E-state index contributed by atoms with van der Waals surface area (Å²) >= 11 is 0.743. The van der Waals surface area contributed by atoms with E-state index in [0.717, 1.165) is 16.1 Å². The van der Waals surface area contributed by atoms with Crippen LogP contribution in [-0.2, 0) is 17.1 Å². The normalized spacial score (nSPS) is 11.6. The molecule has 0 fully saturated rings. The zero-order valence-corrected chi connectivity index (χ0v) is 9.53. The third kappa shape index (κ3) is 2.06. The van der Waals surface area contributed by atoms with Gasteiger partial charge in [-0.2, -0.15) is 13.2 Å². The quantitative estimate of drug-likeness (QED) is 0.676. The molecule has 2 aromatic heterocycles. The zero-order chi connectivity index (χ0) is 11.8. The van der Waals surface area contributed by atoms with Gasteiger partial charge in [-0.15, -0.1) is 15.3 Å². The largest absolute Gasteiger partial charge is 0.374 e. The number of nitrogen functional groups attached to an aromatic ring is 1. The molecule has 0 aromatic carbocycles. The summed E-state index contributed by atoms with van der Waals surface area (Å²) in [5.41, 5.74) is 5.28. The van der Waals surface area contributed by atoms with Gasteiger partial charge in [0, 0.05) is 0 Å². The number of nitrogens with zero attached hydrogens (tertiary/aromatic N) is 6. The lowest BCUT2D eigenvalue weighted by Crippen LogP contribution is -2.14. The van der Waals surface area contributed by atoms with Crippen LogP contribution in [0.25, 0.3) is 0 Å². The SMILES string of the molecule is Cn1nnc(NS(=O)(=O)c2nnc(N)s2)n1. The highest BCUT2D eigenvalue weighted by molar-refractivity contribution is 7.94. The average molecular weight is 262 g/mol. The summed E-state index contributed by atoms with van der Waals surface area (Å²) < 4.78 is 25.1. The van der Waals surface area contributed by atoms with E-state index in [-0.39, 0.29) is 15.4 Å². The van der Waals surface area contributed by atoms with Crippen LogP contribution in [0.2, 0.25) is 0 Å². The van der Waals surface area contributed by atoms with Crippen LogP contribution in [-0.4, -0.2) is 38.8 Å². The number of hydrogen-bond donors (Lipinski definition) is 2. The zero-order valence-electron chi connectivity index (χ0n) is 7.89. The average Bonchev–Trinajstić information content (AvgIpc) is 2.75. The topological polar surface area (TPSA) is 142 Å². The highest BCUT2D eigenvalue weighted by Gasteiger charge is 2.21. The van der Waals surface area contributed by atoms with Crippen LogP contribution >= 0.6 is 11.3 Å². The summed E-state index contributed by atoms with van der Waals surface area (Å²) in [6, 6.07) is 0. The standard InChI is InChI=1S/C4H6N8O2S2/c1-12-9-3(7-11-12)10-16(13,14)4-8-6-2(5)15-4/h1H3,(H2,5,6)(H,9,10). The number of rotatable bonds is 3. The van der Waals surface area contributed by atoms with E-state index in [2.05, 4.69) is 30.3 Å². The number of nitrogens with two attached hydrogens (primary N) is 1. The van der Waals surface area contributed by atoms with Crippen molar-refractivity contribution in [2.24, 2.45) is 7.05 Å². The van der Waals surface area contributed by atoms with Crippen LogP contribution in [0.1, 0.15) is 0 Å². The molecule has 0 saturated carbocycles. The molecule has 2 rings (SSSR count). The second kappa shape index (κ2) is 3.64. The van der Waals surface area contributed by atoms with Crippen molar-refractivity contribution in [3.8, 4) is 0 Å². The molecule has 0 amide bonds. The first-order valence-electron chi connectivity index (χ1n) is 3.83. The molecule has 10 nitrogen and oxygen atoms in total. The summed E-state index contributed by atoms with van der Waals surface area (Å²) in [7, 11) is -2.33. The summed E-state index contributed by atoms with van der Waals surface area (Å²) in [6.07, 6.45) is 0. The van der Waals surface area contributed by atoms with Crippen LogP contribution in [0.4, 0.5) is 11.1 Å². The Morgan fingerprint density at radius 2 is 2.12 bits per heavy atom. The maximum Gasteiger partial charge on any atom is 0.293 e. The molecule has 2 heterocycles. The van der Waals surface area contributed by atoms with Gasteiger partial charge in [0.1, 0.15) is 0 Å². The maximum atomic E-state index is 11.6. The molecule has 86 valence electrons. The molecular formula is C4H6N8O2S2. The van der Waals surface area contributed by atoms with E-state index < -0.39 is 10.0 Å². The van der Waals surface area contributed by atoms with Gasteiger partial charge < -0.3 is 5.73 Å². The Labute approximate surface area is 93.5 Å². The monoisotopic (exact) mass is 262 g/mol. The molecule has 0 radical (unpaired) electrons. The van der Waals surface area contributed by atoms with Crippen LogP contribution in [0.3, 0.4) is 0 Å². The first-order valence-corrected chi connectivity index (χ1v) is 6.13. The third-order valence-corrected chi connectivity index (χ3v) is 3.83. The highest BCUT2D eigenvalue weighted by Crippen LogP contribution is 2.18. The summed E-state index contributed by atoms with van der Waals surface area (Å²) in [5.74, 6) is -0.142. The van der Waals surface area contributed by atoms with E-state index in [9.17, 15) is 8.42 Å². The van der Waals surface area contributed by atoms with Gasteiger partial charge >= 0.3 is 0 Å². The van der Waals surface area contributed by atoms with E-state index in [1.807, 2.05) is 0 Å². The predicted molar refractivity (Wildman–Crippen MR) is 53.9 cm³/mol. The van der Waals surface area contributed by atoms with Gasteiger partial charge in [-0.05, 0) is 5.21 Å². The minimum atomic E-state index is -3.84. The molecular weight excluding hydrogens is 256 g/mol. The summed E-state index contributed by atoms with van der Waals surface area (Å²) in [6.45, 7) is 0. The maximum absolute atomic E-state index is 11.6. The minimum Gasteiger partial charge on any atom is -0.374 e. The Kier molecular flexibility index (Phi) is 2.43. The Balaban J connectivity index is 2.27. The number of tetrazole rings is 1. The van der Waals surface area contributed by atoms with Crippen LogP contribution in [0.5, 0.6) is 0 Å². The number of anilines is 2. The van der Waals surface area contributed by atoms with Gasteiger partial charge in [0.15, 0.2) is 0 Å². The smallest absolute Gasteiger partial charge is 0.293 e. The summed E-state index contributed by atoms with van der Waals surface area (Å²) in [5, 5.41) is 17.5. The van der Waals surface area contributed by atoms with Crippen molar-refractivity contribution in [2.45, 2.75) is 4.34 Å². The lowest BCUT2D eigenvalue weighted by molar-refractivity contribution is 0.598. The Hall–Kier alpha value is -1.82. The molecule has 0 bridgehead atoms. The van der Waals surface area contributed by atoms with Gasteiger partial charge in [-0.25, -0.2) is 4.72 Å². The van der Waals surface area contributed by atoms with Crippen LogP contribution < -0.4 is 10.5 Å². The van der Waals surface area contributed by atoms with E-state index in [1.54, 1.807) is 0 Å². The lowest BCUT2D eigenvalue weighted by Gasteiger charge is -1.97. The van der Waals surface area contributed by atoms with Gasteiger partial charge in [0.05, 0.1) is 7.05 Å². The fraction of sp³-hybridized carbons (Fsp3) is 0.250. The van der Waals surface area contributed by atoms with Crippen LogP contribution in [0.15, 0.2) is 4.34 Å². The predicted octanol–water partition coefficient (Wildman–Crippen LogP) is -1.56. The second-order valence-corrected chi connectivity index (χ2v) is 5.48. The fourth-order valence-corrected chi connectivity index (χ4v) is 2.54. The van der Waals surface area contributed by atoms with Gasteiger partial charge in [-0.1, -0.05) is 16.4 Å². The molecule has 0 aliphatic carbocycles. The van der Waals surface area contributed by atoms with Gasteiger partial charge in [0.25, 0.3) is 20.3 Å². The Morgan fingerprint density at radius 1 is 1.38 bits per heavy atom. The molecule has 0 atom stereocenters. The number of aromatic nitrogens is 6. The van der Waals surface area contributed by atoms with Crippen molar-refractivity contribution in [1.82, 2.24) is 30.4 Å². The minimum absolute atomic E-state index is 0.0625. The number of hydrogen-bond acceptors (Lipinski definition) is 9. The van der Waals surface area contributed by atoms with Crippen molar-refractivity contribution in [2.75, 3.05) is 10.5 Å². The molecule has 0 unspecified atom stereocenters. The fourth-order valence-electron chi connectivity index (χ4n) is 0.818. The molecule has 16 heavy (non-hydrogen) atoms. The molecule has 12 heteroatoms. The Morgan fingerprint density at radius 3 is 2.62 bits per heavy atom. The molecule has 0 aliphatic rings.